The van der Waals surface area contributed by atoms with Gasteiger partial charge in [0.1, 0.15) is 0 Å². The normalized spacial score (nSPS) is 17.8. The fourth-order valence-electron chi connectivity index (χ4n) is 4.98. The molecule has 1 aliphatic heterocycles. The number of aliphatic hydroxyl groups excluding tert-OH is 1. The summed E-state index contributed by atoms with van der Waals surface area (Å²) in [6.07, 6.45) is 12.5. The Labute approximate surface area is 229 Å². The van der Waals surface area contributed by atoms with Crippen LogP contribution in [0.25, 0.3) is 0 Å². The van der Waals surface area contributed by atoms with Crippen molar-refractivity contribution in [3.05, 3.63) is 47.2 Å². The minimum Gasteiger partial charge on any atom is -0.481 e. The van der Waals surface area contributed by atoms with Crippen LogP contribution in [-0.4, -0.2) is 55.1 Å². The van der Waals surface area contributed by atoms with Crippen LogP contribution in [0.2, 0.25) is 0 Å². The maximum atomic E-state index is 10.6. The molecule has 8 heteroatoms. The van der Waals surface area contributed by atoms with Crippen LogP contribution in [0.4, 0.5) is 0 Å². The first-order chi connectivity index (χ1) is 17.7. The predicted molar refractivity (Wildman–Crippen MR) is 150 cm³/mol. The molecule has 208 valence electrons. The fourth-order valence-corrected chi connectivity index (χ4v) is 4.98. The minimum absolute atomic E-state index is 0. The summed E-state index contributed by atoms with van der Waals surface area (Å²) < 4.78 is 16.3. The molecule has 0 bridgehead atoms. The average Bonchev–Trinajstić information content (AvgIpc) is 3.38. The molecule has 2 N–H and O–H groups in total. The van der Waals surface area contributed by atoms with Gasteiger partial charge in [0, 0.05) is 24.8 Å². The van der Waals surface area contributed by atoms with Gasteiger partial charge in [-0.1, -0.05) is 63.3 Å². The molecule has 3 atom stereocenters. The Hall–Kier alpha value is -1.93. The molecule has 1 fully saturated rings. The smallest absolute Gasteiger partial charge is 0.319 e. The summed E-state index contributed by atoms with van der Waals surface area (Å²) in [6, 6.07) is 9.81. The predicted octanol–water partition coefficient (Wildman–Crippen LogP) is 5.79. The largest absolute Gasteiger partial charge is 0.481 e. The lowest BCUT2D eigenvalue weighted by Gasteiger charge is -2.20. The third-order valence-corrected chi connectivity index (χ3v) is 7.13. The summed E-state index contributed by atoms with van der Waals surface area (Å²) in [6.45, 7) is 4.56. The standard InChI is InChI=1S/C29H45N3O4.ClH/c1-4-5-6-7-8-9-11-22-13-15-23(16-14-22)24-17-18-30-26(24)21-36-19-10-12-27(33)25-20-31-29(35-3)32-28(25)34-2;/h13-16,20,24,26-27,30,33H,4-12,17-19,21H2,1-3H3;1H/t24-,26-,27?;/m1./s1. The van der Waals surface area contributed by atoms with E-state index < -0.39 is 6.10 Å². The number of methoxy groups -OCH3 is 2. The van der Waals surface area contributed by atoms with Crippen LogP contribution in [0.3, 0.4) is 0 Å². The zero-order chi connectivity index (χ0) is 25.6. The molecule has 0 radical (unpaired) electrons. The molecule has 0 amide bonds. The first kappa shape index (κ1) is 31.3. The number of nitrogens with one attached hydrogen (secondary N) is 1. The SMILES string of the molecule is CCCCCCCCc1ccc([C@H]2CCN[C@@H]2COCCCC(O)c2cnc(OC)nc2OC)cc1.Cl. The minimum atomic E-state index is -0.707. The van der Waals surface area contributed by atoms with Crippen LogP contribution in [0.15, 0.2) is 30.5 Å². The molecule has 37 heavy (non-hydrogen) atoms. The Morgan fingerprint density at radius 3 is 2.51 bits per heavy atom. The van der Waals surface area contributed by atoms with Crippen molar-refractivity contribution in [3.8, 4) is 11.9 Å². The van der Waals surface area contributed by atoms with Gasteiger partial charge < -0.3 is 24.6 Å². The number of aliphatic hydroxyl groups is 1. The molecule has 1 saturated heterocycles. The number of hydrogen-bond donors (Lipinski definition) is 2. The van der Waals surface area contributed by atoms with E-state index in [-0.39, 0.29) is 18.4 Å². The quantitative estimate of drug-likeness (QED) is 0.248. The molecule has 1 unspecified atom stereocenters. The fraction of sp³-hybridized carbons (Fsp3) is 0.655. The highest BCUT2D eigenvalue weighted by Crippen LogP contribution is 2.29. The van der Waals surface area contributed by atoms with Crippen molar-refractivity contribution in [2.75, 3.05) is 34.0 Å². The summed E-state index contributed by atoms with van der Waals surface area (Å²) in [5.74, 6) is 0.825. The maximum Gasteiger partial charge on any atom is 0.319 e. The zero-order valence-electron chi connectivity index (χ0n) is 22.8. The Bertz CT molecular complexity index is 884. The van der Waals surface area contributed by atoms with Gasteiger partial charge in [0.05, 0.1) is 32.5 Å². The molecule has 0 saturated carbocycles. The summed E-state index contributed by atoms with van der Waals surface area (Å²) in [4.78, 5) is 8.22. The Morgan fingerprint density at radius 2 is 1.78 bits per heavy atom. The first-order valence-electron chi connectivity index (χ1n) is 13.7. The number of aryl methyl sites for hydroxylation is 1. The van der Waals surface area contributed by atoms with Crippen molar-refractivity contribution in [1.82, 2.24) is 15.3 Å². The van der Waals surface area contributed by atoms with E-state index in [1.165, 1.54) is 70.3 Å². The van der Waals surface area contributed by atoms with Crippen LogP contribution in [0.1, 0.15) is 93.4 Å². The lowest BCUT2D eigenvalue weighted by Crippen LogP contribution is -2.31. The highest BCUT2D eigenvalue weighted by Gasteiger charge is 2.28. The van der Waals surface area contributed by atoms with Crippen molar-refractivity contribution in [3.63, 3.8) is 0 Å². The van der Waals surface area contributed by atoms with Gasteiger partial charge in [-0.15, -0.1) is 12.4 Å². The van der Waals surface area contributed by atoms with Crippen molar-refractivity contribution in [2.24, 2.45) is 0 Å². The number of rotatable bonds is 17. The van der Waals surface area contributed by atoms with E-state index in [4.69, 9.17) is 14.2 Å². The number of nitrogens with zero attached hydrogens (tertiary/aromatic N) is 2. The van der Waals surface area contributed by atoms with Crippen LogP contribution in [0, 0.1) is 0 Å². The molecule has 0 spiro atoms. The molecule has 7 nitrogen and oxygen atoms in total. The van der Waals surface area contributed by atoms with Gasteiger partial charge >= 0.3 is 6.01 Å². The summed E-state index contributed by atoms with van der Waals surface area (Å²) in [5, 5.41) is 14.2. The Kier molecular flexibility index (Phi) is 14.8. The molecule has 1 aromatic carbocycles. The van der Waals surface area contributed by atoms with Gasteiger partial charge in [-0.2, -0.15) is 4.98 Å². The average molecular weight is 536 g/mol. The lowest BCUT2D eigenvalue weighted by atomic mass is 9.91. The van der Waals surface area contributed by atoms with Crippen LogP contribution >= 0.6 is 12.4 Å². The lowest BCUT2D eigenvalue weighted by molar-refractivity contribution is 0.0913. The summed E-state index contributed by atoms with van der Waals surface area (Å²) in [7, 11) is 3.02. The Balaban J connectivity index is 0.00000481. The molecule has 3 rings (SSSR count). The third-order valence-electron chi connectivity index (χ3n) is 7.13. The number of ether oxygens (including phenoxy) is 3. The van der Waals surface area contributed by atoms with Crippen molar-refractivity contribution in [2.45, 2.75) is 89.2 Å². The van der Waals surface area contributed by atoms with Gasteiger partial charge in [0.25, 0.3) is 0 Å². The number of benzene rings is 1. The van der Waals surface area contributed by atoms with Gasteiger partial charge in [-0.05, 0) is 49.8 Å². The van der Waals surface area contributed by atoms with E-state index >= 15 is 0 Å². The van der Waals surface area contributed by atoms with Crippen molar-refractivity contribution in [1.29, 1.82) is 0 Å². The molecular formula is C29H46ClN3O4. The van der Waals surface area contributed by atoms with Crippen LogP contribution < -0.4 is 14.8 Å². The zero-order valence-corrected chi connectivity index (χ0v) is 23.6. The van der Waals surface area contributed by atoms with Gasteiger partial charge in [0.15, 0.2) is 0 Å². The number of unbranched alkanes of at least 4 members (excludes halogenated alkanes) is 5. The Morgan fingerprint density at radius 1 is 1.03 bits per heavy atom. The van der Waals surface area contributed by atoms with Crippen molar-refractivity contribution < 1.29 is 19.3 Å². The molecule has 1 aliphatic rings. The van der Waals surface area contributed by atoms with E-state index in [2.05, 4.69) is 46.5 Å². The van der Waals surface area contributed by atoms with Crippen LogP contribution in [0.5, 0.6) is 11.9 Å². The summed E-state index contributed by atoms with van der Waals surface area (Å²) in [5.41, 5.74) is 3.42. The highest BCUT2D eigenvalue weighted by molar-refractivity contribution is 5.85. The monoisotopic (exact) mass is 535 g/mol. The number of halogens is 1. The first-order valence-corrected chi connectivity index (χ1v) is 13.7. The second-order valence-corrected chi connectivity index (χ2v) is 9.77. The van der Waals surface area contributed by atoms with Gasteiger partial charge in [-0.3, -0.25) is 0 Å². The van der Waals surface area contributed by atoms with E-state index in [0.29, 0.717) is 43.0 Å². The van der Waals surface area contributed by atoms with Crippen molar-refractivity contribution >= 4 is 12.4 Å². The van der Waals surface area contributed by atoms with E-state index in [1.54, 1.807) is 6.20 Å². The molecule has 2 heterocycles. The number of hydrogen-bond acceptors (Lipinski definition) is 7. The van der Waals surface area contributed by atoms with E-state index in [1.807, 2.05) is 0 Å². The van der Waals surface area contributed by atoms with Crippen LogP contribution in [-0.2, 0) is 11.2 Å². The molecule has 2 aromatic rings. The van der Waals surface area contributed by atoms with E-state index in [0.717, 1.165) is 19.4 Å². The molecule has 1 aromatic heterocycles. The van der Waals surface area contributed by atoms with Gasteiger partial charge in [0.2, 0.25) is 5.88 Å². The van der Waals surface area contributed by atoms with Gasteiger partial charge in [-0.25, -0.2) is 4.98 Å². The topological polar surface area (TPSA) is 85.7 Å². The second kappa shape index (κ2) is 17.6. The third kappa shape index (κ3) is 10.0. The summed E-state index contributed by atoms with van der Waals surface area (Å²) >= 11 is 0. The maximum absolute atomic E-state index is 10.6. The molecule has 0 aliphatic carbocycles. The second-order valence-electron chi connectivity index (χ2n) is 9.77. The number of aromatic nitrogens is 2. The molecular weight excluding hydrogens is 490 g/mol. The highest BCUT2D eigenvalue weighted by atomic mass is 35.5. The van der Waals surface area contributed by atoms with E-state index in [9.17, 15) is 5.11 Å².